The summed E-state index contributed by atoms with van der Waals surface area (Å²) in [5.41, 5.74) is 1.74. The van der Waals surface area contributed by atoms with Crippen molar-refractivity contribution in [3.05, 3.63) is 60.0 Å². The predicted molar refractivity (Wildman–Crippen MR) is 135 cm³/mol. The number of amides is 1. The second-order valence-corrected chi connectivity index (χ2v) is 11.1. The minimum atomic E-state index is -3.26. The van der Waals surface area contributed by atoms with E-state index in [1.54, 1.807) is 31.4 Å². The lowest BCUT2D eigenvalue weighted by Gasteiger charge is -2.32. The zero-order valence-electron chi connectivity index (χ0n) is 20.8. The fourth-order valence-corrected chi connectivity index (χ4v) is 5.07. The molecule has 1 N–H and O–H groups in total. The van der Waals surface area contributed by atoms with E-state index in [0.29, 0.717) is 31.2 Å². The van der Waals surface area contributed by atoms with E-state index in [1.165, 1.54) is 6.26 Å². The van der Waals surface area contributed by atoms with Crippen LogP contribution in [0.2, 0.25) is 0 Å². The van der Waals surface area contributed by atoms with Gasteiger partial charge in [0.25, 0.3) is 0 Å². The summed E-state index contributed by atoms with van der Waals surface area (Å²) in [5.74, 6) is 1.65. The number of nitrogens with one attached hydrogen (secondary N) is 1. The summed E-state index contributed by atoms with van der Waals surface area (Å²) >= 11 is 0. The Labute approximate surface area is 211 Å². The molecule has 1 aromatic heterocycles. The lowest BCUT2D eigenvalue weighted by Crippen LogP contribution is -2.43. The Morgan fingerprint density at radius 1 is 1.19 bits per heavy atom. The minimum Gasteiger partial charge on any atom is -0.497 e. The molecule has 0 saturated carbocycles. The molecule has 1 amide bonds. The van der Waals surface area contributed by atoms with Gasteiger partial charge in [0.2, 0.25) is 17.6 Å². The number of hydrogen-bond donors (Lipinski definition) is 1. The quantitative estimate of drug-likeness (QED) is 0.462. The number of rotatable bonds is 9. The molecule has 2 aromatic carbocycles. The summed E-state index contributed by atoms with van der Waals surface area (Å²) < 4.78 is 34.1. The van der Waals surface area contributed by atoms with Gasteiger partial charge in [-0.15, -0.1) is 0 Å². The molecule has 9 nitrogen and oxygen atoms in total. The highest BCUT2D eigenvalue weighted by Gasteiger charge is 2.28. The number of likely N-dealkylation sites (tertiary alicyclic amines) is 1. The maximum atomic E-state index is 13.1. The lowest BCUT2D eigenvalue weighted by atomic mass is 9.95. The van der Waals surface area contributed by atoms with Crippen molar-refractivity contribution in [2.75, 3.05) is 26.5 Å². The van der Waals surface area contributed by atoms with Crippen molar-refractivity contribution in [2.45, 2.75) is 43.7 Å². The fourth-order valence-electron chi connectivity index (χ4n) is 4.44. The van der Waals surface area contributed by atoms with E-state index < -0.39 is 9.84 Å². The van der Waals surface area contributed by atoms with Crippen LogP contribution in [0.1, 0.15) is 43.7 Å². The zero-order chi connectivity index (χ0) is 25.7. The van der Waals surface area contributed by atoms with E-state index in [-0.39, 0.29) is 22.8 Å². The van der Waals surface area contributed by atoms with Gasteiger partial charge < -0.3 is 14.6 Å². The largest absolute Gasteiger partial charge is 0.497 e. The molecular weight excluding hydrogens is 480 g/mol. The Kier molecular flexibility index (Phi) is 8.05. The van der Waals surface area contributed by atoms with Crippen molar-refractivity contribution in [2.24, 2.45) is 5.92 Å². The highest BCUT2D eigenvalue weighted by molar-refractivity contribution is 7.90. The molecule has 0 radical (unpaired) electrons. The van der Waals surface area contributed by atoms with E-state index in [9.17, 15) is 13.2 Å². The molecule has 0 spiro atoms. The van der Waals surface area contributed by atoms with Crippen LogP contribution in [-0.4, -0.2) is 55.8 Å². The fraction of sp³-hybridized carbons (Fsp3) is 0.423. The third kappa shape index (κ3) is 6.30. The molecule has 2 heterocycles. The normalized spacial score (nSPS) is 17.5. The van der Waals surface area contributed by atoms with Crippen molar-refractivity contribution in [1.82, 2.24) is 20.4 Å². The van der Waals surface area contributed by atoms with Gasteiger partial charge in [0.15, 0.2) is 9.84 Å². The molecule has 192 valence electrons. The lowest BCUT2D eigenvalue weighted by molar-refractivity contribution is -0.127. The summed E-state index contributed by atoms with van der Waals surface area (Å²) in [7, 11) is -1.64. The maximum Gasteiger partial charge on any atom is 0.241 e. The van der Waals surface area contributed by atoms with Crippen molar-refractivity contribution in [3.8, 4) is 17.1 Å². The zero-order valence-corrected chi connectivity index (χ0v) is 21.6. The van der Waals surface area contributed by atoms with Crippen LogP contribution in [0.25, 0.3) is 11.4 Å². The minimum absolute atomic E-state index is 0.00295. The Balaban J connectivity index is 1.35. The molecule has 2 atom stereocenters. The molecule has 0 aliphatic carbocycles. The number of ether oxygens (including phenoxy) is 1. The van der Waals surface area contributed by atoms with Crippen molar-refractivity contribution < 1.29 is 22.5 Å². The number of piperidine rings is 1. The average Bonchev–Trinajstić information content (AvgIpc) is 3.35. The van der Waals surface area contributed by atoms with Gasteiger partial charge in [-0.1, -0.05) is 24.2 Å². The molecule has 1 aliphatic rings. The summed E-state index contributed by atoms with van der Waals surface area (Å²) in [4.78, 5) is 20.1. The van der Waals surface area contributed by atoms with Gasteiger partial charge in [-0.3, -0.25) is 9.69 Å². The van der Waals surface area contributed by atoms with Gasteiger partial charge in [0.05, 0.1) is 30.5 Å². The van der Waals surface area contributed by atoms with Crippen LogP contribution in [0.5, 0.6) is 5.75 Å². The van der Waals surface area contributed by atoms with Crippen molar-refractivity contribution in [3.63, 3.8) is 0 Å². The Morgan fingerprint density at radius 3 is 2.56 bits per heavy atom. The second kappa shape index (κ2) is 11.2. The van der Waals surface area contributed by atoms with E-state index in [1.807, 2.05) is 31.2 Å². The van der Waals surface area contributed by atoms with Gasteiger partial charge in [-0.25, -0.2) is 8.42 Å². The first-order chi connectivity index (χ1) is 17.3. The van der Waals surface area contributed by atoms with Gasteiger partial charge >= 0.3 is 0 Å². The van der Waals surface area contributed by atoms with Gasteiger partial charge in [-0.2, -0.15) is 4.98 Å². The van der Waals surface area contributed by atoms with E-state index in [4.69, 9.17) is 9.26 Å². The van der Waals surface area contributed by atoms with Crippen LogP contribution in [0.15, 0.2) is 57.9 Å². The first kappa shape index (κ1) is 25.8. The van der Waals surface area contributed by atoms with Gasteiger partial charge in [-0.05, 0) is 67.8 Å². The van der Waals surface area contributed by atoms with Crippen molar-refractivity contribution in [1.29, 1.82) is 0 Å². The smallest absolute Gasteiger partial charge is 0.241 e. The highest BCUT2D eigenvalue weighted by Crippen LogP contribution is 2.24. The number of sulfone groups is 1. The van der Waals surface area contributed by atoms with Crippen molar-refractivity contribution >= 4 is 15.7 Å². The molecule has 0 bridgehead atoms. The Morgan fingerprint density at radius 2 is 1.92 bits per heavy atom. The van der Waals surface area contributed by atoms with Crippen LogP contribution in [0.4, 0.5) is 0 Å². The number of hydrogen-bond acceptors (Lipinski definition) is 8. The number of benzene rings is 2. The Hall–Kier alpha value is -3.24. The second-order valence-electron chi connectivity index (χ2n) is 9.13. The topological polar surface area (TPSA) is 115 Å². The number of carbonyl (C=O) groups excluding carboxylic acids is 1. The number of aromatic nitrogens is 2. The number of carbonyl (C=O) groups is 1. The van der Waals surface area contributed by atoms with Gasteiger partial charge in [0.1, 0.15) is 5.75 Å². The van der Waals surface area contributed by atoms with Crippen LogP contribution < -0.4 is 10.1 Å². The third-order valence-corrected chi connectivity index (χ3v) is 7.62. The molecule has 2 unspecified atom stereocenters. The molecule has 1 saturated heterocycles. The van der Waals surface area contributed by atoms with Crippen LogP contribution in [-0.2, 0) is 21.2 Å². The summed E-state index contributed by atoms with van der Waals surface area (Å²) in [6.07, 6.45) is 3.60. The maximum absolute atomic E-state index is 13.1. The standard InChI is InChI=1S/C26H32N4O5S/c1-4-23(18-9-13-22(14-10-18)36(3,32)33)27-26(31)20-6-5-15-30(16-20)17-24-28-25(29-35-24)19-7-11-21(34-2)12-8-19/h7-14,20,23H,4-6,15-17H2,1-3H3,(H,27,31). The molecule has 10 heteroatoms. The predicted octanol–water partition coefficient (Wildman–Crippen LogP) is 3.63. The van der Waals surface area contributed by atoms with Crippen LogP contribution in [0, 0.1) is 5.92 Å². The molecule has 1 fully saturated rings. The highest BCUT2D eigenvalue weighted by atomic mass is 32.2. The third-order valence-electron chi connectivity index (χ3n) is 6.49. The molecular formula is C26H32N4O5S. The molecule has 36 heavy (non-hydrogen) atoms. The molecule has 1 aliphatic heterocycles. The summed E-state index contributed by atoms with van der Waals surface area (Å²) in [5, 5.41) is 7.25. The van der Waals surface area contributed by atoms with E-state index >= 15 is 0 Å². The Bertz CT molecular complexity index is 1270. The first-order valence-electron chi connectivity index (χ1n) is 12.1. The monoisotopic (exact) mass is 512 g/mol. The van der Waals surface area contributed by atoms with E-state index in [0.717, 1.165) is 36.3 Å². The molecule has 4 rings (SSSR count). The summed E-state index contributed by atoms with van der Waals surface area (Å²) in [6, 6.07) is 14.0. The number of nitrogens with zero attached hydrogens (tertiary/aromatic N) is 3. The average molecular weight is 513 g/mol. The van der Waals surface area contributed by atoms with Gasteiger partial charge in [0, 0.05) is 18.4 Å². The first-order valence-corrected chi connectivity index (χ1v) is 14.0. The SMILES string of the molecule is CCC(NC(=O)C1CCCN(Cc2nc(-c3ccc(OC)cc3)no2)C1)c1ccc(S(C)(=O)=O)cc1. The van der Waals surface area contributed by atoms with E-state index in [2.05, 4.69) is 20.4 Å². The number of methoxy groups -OCH3 is 1. The molecule has 3 aromatic rings. The summed E-state index contributed by atoms with van der Waals surface area (Å²) in [6.45, 7) is 3.94. The van der Waals surface area contributed by atoms with Crippen LogP contribution >= 0.6 is 0 Å². The van der Waals surface area contributed by atoms with Crippen LogP contribution in [0.3, 0.4) is 0 Å².